The third-order valence-corrected chi connectivity index (χ3v) is 7.11. The molecule has 0 saturated carbocycles. The van der Waals surface area contributed by atoms with Crippen LogP contribution in [0.2, 0.25) is 10.0 Å². The van der Waals surface area contributed by atoms with E-state index in [1.807, 2.05) is 0 Å². The molecule has 5 nitrogen and oxygen atoms in total. The number of sulfonamides is 1. The van der Waals surface area contributed by atoms with Crippen LogP contribution in [0.5, 0.6) is 0 Å². The predicted octanol–water partition coefficient (Wildman–Crippen LogP) is 4.16. The number of nitrogens with zero attached hydrogens (tertiary/aromatic N) is 2. The monoisotopic (exact) mass is 466 g/mol. The van der Waals surface area contributed by atoms with Gasteiger partial charge in [0.25, 0.3) is 5.91 Å². The molecular weight excluding hydrogens is 452 g/mol. The molecule has 2 aromatic rings. The van der Waals surface area contributed by atoms with Crippen molar-refractivity contribution in [3.05, 3.63) is 63.6 Å². The molecule has 1 heterocycles. The molecular formula is C18H15Cl2F3N2O3S. The number of halogens is 5. The lowest BCUT2D eigenvalue weighted by molar-refractivity contribution is -0.137. The molecule has 156 valence electrons. The van der Waals surface area contributed by atoms with Crippen LogP contribution in [0.3, 0.4) is 0 Å². The van der Waals surface area contributed by atoms with Crippen LogP contribution in [0.4, 0.5) is 13.2 Å². The van der Waals surface area contributed by atoms with Crippen molar-refractivity contribution in [1.82, 2.24) is 9.21 Å². The van der Waals surface area contributed by atoms with E-state index in [2.05, 4.69) is 0 Å². The molecule has 0 N–H and O–H groups in total. The maximum Gasteiger partial charge on any atom is 0.416 e. The number of alkyl halides is 3. The lowest BCUT2D eigenvalue weighted by atomic mass is 10.1. The topological polar surface area (TPSA) is 57.7 Å². The molecule has 0 radical (unpaired) electrons. The highest BCUT2D eigenvalue weighted by atomic mass is 35.5. The first-order chi connectivity index (χ1) is 13.5. The second-order valence-electron chi connectivity index (χ2n) is 6.35. The largest absolute Gasteiger partial charge is 0.416 e. The molecule has 0 aromatic heterocycles. The number of carbonyl (C=O) groups is 1. The molecule has 1 fully saturated rings. The summed E-state index contributed by atoms with van der Waals surface area (Å²) in [4.78, 5) is 13.8. The molecule has 29 heavy (non-hydrogen) atoms. The molecule has 0 spiro atoms. The number of hydrogen-bond acceptors (Lipinski definition) is 3. The molecule has 0 atom stereocenters. The van der Waals surface area contributed by atoms with Crippen molar-refractivity contribution in [3.8, 4) is 0 Å². The van der Waals surface area contributed by atoms with Gasteiger partial charge < -0.3 is 4.90 Å². The van der Waals surface area contributed by atoms with Crippen LogP contribution in [0.1, 0.15) is 15.9 Å². The molecule has 1 amide bonds. The van der Waals surface area contributed by atoms with Gasteiger partial charge in [-0.25, -0.2) is 8.42 Å². The summed E-state index contributed by atoms with van der Waals surface area (Å²) in [6.45, 7) is 0.240. The smallest absolute Gasteiger partial charge is 0.336 e. The Hall–Kier alpha value is -1.81. The van der Waals surface area contributed by atoms with Crippen LogP contribution in [-0.2, 0) is 16.2 Å². The standard InChI is InChI=1S/C18H15Cl2F3N2O3S/c19-14-5-6-15(20)16(11-14)29(27,28)25-9-7-24(8-10-25)17(26)12-1-3-13(4-2-12)18(21,22)23/h1-6,11H,7-10H2. The molecule has 2 aromatic carbocycles. The summed E-state index contributed by atoms with van der Waals surface area (Å²) in [5.74, 6) is -0.462. The lowest BCUT2D eigenvalue weighted by Gasteiger charge is -2.34. The van der Waals surface area contributed by atoms with Gasteiger partial charge in [-0.2, -0.15) is 17.5 Å². The van der Waals surface area contributed by atoms with Crippen molar-refractivity contribution in [1.29, 1.82) is 0 Å². The zero-order valence-corrected chi connectivity index (χ0v) is 17.1. The number of benzene rings is 2. The SMILES string of the molecule is O=C(c1ccc(C(F)(F)F)cc1)N1CCN(S(=O)(=O)c2cc(Cl)ccc2Cl)CC1. The van der Waals surface area contributed by atoms with Crippen molar-refractivity contribution in [2.24, 2.45) is 0 Å². The number of rotatable bonds is 3. The van der Waals surface area contributed by atoms with Gasteiger partial charge in [0.15, 0.2) is 0 Å². The first-order valence-corrected chi connectivity index (χ1v) is 10.6. The summed E-state index contributed by atoms with van der Waals surface area (Å²) in [6.07, 6.45) is -4.48. The van der Waals surface area contributed by atoms with Crippen LogP contribution in [0, 0.1) is 0 Å². The van der Waals surface area contributed by atoms with Gasteiger partial charge in [-0.3, -0.25) is 4.79 Å². The van der Waals surface area contributed by atoms with Crippen LogP contribution in [-0.4, -0.2) is 49.7 Å². The van der Waals surface area contributed by atoms with E-state index >= 15 is 0 Å². The first kappa shape index (κ1) is 21.9. The van der Waals surface area contributed by atoms with E-state index in [1.165, 1.54) is 27.4 Å². The molecule has 3 rings (SSSR count). The number of hydrogen-bond donors (Lipinski definition) is 0. The Morgan fingerprint density at radius 1 is 0.931 bits per heavy atom. The van der Waals surface area contributed by atoms with Crippen molar-refractivity contribution in [2.75, 3.05) is 26.2 Å². The summed E-state index contributed by atoms with van der Waals surface area (Å²) in [6, 6.07) is 8.04. The number of carbonyl (C=O) groups excluding carboxylic acids is 1. The maximum absolute atomic E-state index is 12.8. The average Bonchev–Trinajstić information content (AvgIpc) is 2.68. The second kappa shape index (κ2) is 8.14. The quantitative estimate of drug-likeness (QED) is 0.682. The predicted molar refractivity (Wildman–Crippen MR) is 103 cm³/mol. The Kier molecular flexibility index (Phi) is 6.14. The Bertz CT molecular complexity index is 1020. The third kappa shape index (κ3) is 4.69. The van der Waals surface area contributed by atoms with Gasteiger partial charge in [0.2, 0.25) is 10.0 Å². The van der Waals surface area contributed by atoms with Gasteiger partial charge in [0.1, 0.15) is 4.90 Å². The molecule has 0 unspecified atom stereocenters. The highest BCUT2D eigenvalue weighted by molar-refractivity contribution is 7.89. The van der Waals surface area contributed by atoms with Crippen LogP contribution in [0.25, 0.3) is 0 Å². The van der Waals surface area contributed by atoms with E-state index in [1.54, 1.807) is 0 Å². The second-order valence-corrected chi connectivity index (χ2v) is 9.10. The molecule has 1 saturated heterocycles. The zero-order valence-electron chi connectivity index (χ0n) is 14.8. The Balaban J connectivity index is 1.70. The Labute approximate surface area is 175 Å². The Morgan fingerprint density at radius 2 is 1.52 bits per heavy atom. The van der Waals surface area contributed by atoms with E-state index < -0.39 is 27.7 Å². The lowest BCUT2D eigenvalue weighted by Crippen LogP contribution is -2.50. The van der Waals surface area contributed by atoms with E-state index in [0.29, 0.717) is 0 Å². The first-order valence-electron chi connectivity index (χ1n) is 8.42. The summed E-state index contributed by atoms with van der Waals surface area (Å²) >= 11 is 11.9. The molecule has 1 aliphatic heterocycles. The average molecular weight is 467 g/mol. The van der Waals surface area contributed by atoms with E-state index in [-0.39, 0.29) is 46.7 Å². The minimum atomic E-state index is -4.48. The van der Waals surface area contributed by atoms with E-state index in [9.17, 15) is 26.4 Å². The molecule has 0 aliphatic carbocycles. The fourth-order valence-corrected chi connectivity index (χ4v) is 5.09. The summed E-state index contributed by atoms with van der Waals surface area (Å²) in [5.41, 5.74) is -0.740. The van der Waals surface area contributed by atoms with E-state index in [4.69, 9.17) is 23.2 Å². The summed E-state index contributed by atoms with van der Waals surface area (Å²) < 4.78 is 64.8. The van der Waals surface area contributed by atoms with Gasteiger partial charge in [-0.1, -0.05) is 23.2 Å². The van der Waals surface area contributed by atoms with Crippen LogP contribution >= 0.6 is 23.2 Å². The number of piperazine rings is 1. The van der Waals surface area contributed by atoms with E-state index in [0.717, 1.165) is 24.3 Å². The molecule has 11 heteroatoms. The fraction of sp³-hybridized carbons (Fsp3) is 0.278. The minimum Gasteiger partial charge on any atom is -0.336 e. The molecule has 1 aliphatic rings. The van der Waals surface area contributed by atoms with Gasteiger partial charge in [-0.05, 0) is 42.5 Å². The highest BCUT2D eigenvalue weighted by Crippen LogP contribution is 2.30. The number of amides is 1. The van der Waals surface area contributed by atoms with Gasteiger partial charge in [0, 0.05) is 36.8 Å². The van der Waals surface area contributed by atoms with Crippen molar-refractivity contribution >= 4 is 39.1 Å². The highest BCUT2D eigenvalue weighted by Gasteiger charge is 2.33. The van der Waals surface area contributed by atoms with Crippen molar-refractivity contribution in [2.45, 2.75) is 11.1 Å². The minimum absolute atomic E-state index is 0.0253. The summed E-state index contributed by atoms with van der Waals surface area (Å²) in [7, 11) is -3.90. The third-order valence-electron chi connectivity index (χ3n) is 4.50. The van der Waals surface area contributed by atoms with Crippen molar-refractivity contribution < 1.29 is 26.4 Å². The van der Waals surface area contributed by atoms with Crippen LogP contribution < -0.4 is 0 Å². The maximum atomic E-state index is 12.8. The van der Waals surface area contributed by atoms with Crippen LogP contribution in [0.15, 0.2) is 47.4 Å². The van der Waals surface area contributed by atoms with Gasteiger partial charge in [0.05, 0.1) is 10.6 Å². The normalized spacial score (nSPS) is 16.1. The summed E-state index contributed by atoms with van der Waals surface area (Å²) in [5, 5.41) is 0.266. The molecule has 0 bridgehead atoms. The fourth-order valence-electron chi connectivity index (χ4n) is 2.93. The van der Waals surface area contributed by atoms with Gasteiger partial charge >= 0.3 is 6.18 Å². The van der Waals surface area contributed by atoms with Crippen molar-refractivity contribution in [3.63, 3.8) is 0 Å². The zero-order chi connectivity index (χ0) is 21.4. The Morgan fingerprint density at radius 3 is 2.07 bits per heavy atom. The van der Waals surface area contributed by atoms with Gasteiger partial charge in [-0.15, -0.1) is 0 Å².